The van der Waals surface area contributed by atoms with Gasteiger partial charge in [0.2, 0.25) is 0 Å². The minimum absolute atomic E-state index is 0.0732. The fraction of sp³-hybridized carbons (Fsp3) is 0.125. The zero-order valence-corrected chi connectivity index (χ0v) is 19.1. The van der Waals surface area contributed by atoms with Crippen molar-refractivity contribution < 1.29 is 32.3 Å². The Morgan fingerprint density at radius 1 is 1.17 bits per heavy atom. The summed E-state index contributed by atoms with van der Waals surface area (Å²) in [6.07, 6.45) is -1.70. The average Bonchev–Trinajstić information content (AvgIpc) is 3.51. The Morgan fingerprint density at radius 3 is 2.60 bits per heavy atom. The second-order valence-electron chi connectivity index (χ2n) is 7.75. The molecule has 0 spiro atoms. The first-order valence-electron chi connectivity index (χ1n) is 10.2. The third kappa shape index (κ3) is 4.14. The van der Waals surface area contributed by atoms with E-state index in [1.807, 2.05) is 16.8 Å². The maximum atomic E-state index is 13.2. The predicted octanol–water partition coefficient (Wildman–Crippen LogP) is 6.62. The Morgan fingerprint density at radius 2 is 1.97 bits per heavy atom. The number of hydrogen-bond acceptors (Lipinski definition) is 6. The van der Waals surface area contributed by atoms with Crippen LogP contribution in [0.5, 0.6) is 5.75 Å². The summed E-state index contributed by atoms with van der Waals surface area (Å²) in [5.41, 5.74) is 3.49. The molecule has 0 radical (unpaired) electrons. The predicted molar refractivity (Wildman–Crippen MR) is 123 cm³/mol. The number of rotatable bonds is 5. The first kappa shape index (κ1) is 22.7. The van der Waals surface area contributed by atoms with Crippen molar-refractivity contribution in [1.29, 1.82) is 0 Å². The summed E-state index contributed by atoms with van der Waals surface area (Å²) in [7, 11) is 0. The van der Waals surface area contributed by atoms with Gasteiger partial charge in [-0.3, -0.25) is 4.57 Å². The molecule has 0 unspecified atom stereocenters. The van der Waals surface area contributed by atoms with Gasteiger partial charge in [-0.2, -0.15) is 11.3 Å². The molecule has 0 bridgehead atoms. The van der Waals surface area contributed by atoms with Crippen molar-refractivity contribution in [2.45, 2.75) is 20.2 Å². The number of nitrogens with zero attached hydrogens (tertiary/aromatic N) is 3. The van der Waals surface area contributed by atoms with Gasteiger partial charge in [-0.1, -0.05) is 5.16 Å². The number of carbonyl (C=O) groups is 1. The van der Waals surface area contributed by atoms with Gasteiger partial charge in [0.25, 0.3) is 0 Å². The van der Waals surface area contributed by atoms with E-state index in [1.165, 1.54) is 23.5 Å². The number of fused-ring (bicyclic) bond motifs is 1. The van der Waals surface area contributed by atoms with Gasteiger partial charge >= 0.3 is 12.3 Å². The van der Waals surface area contributed by atoms with Crippen molar-refractivity contribution in [3.63, 3.8) is 0 Å². The van der Waals surface area contributed by atoms with Crippen LogP contribution in [0.3, 0.4) is 0 Å². The zero-order valence-electron chi connectivity index (χ0n) is 18.3. The largest absolute Gasteiger partial charge is 0.573 e. The molecule has 0 amide bonds. The lowest BCUT2D eigenvalue weighted by atomic mass is 10.00. The lowest BCUT2D eigenvalue weighted by Gasteiger charge is -2.14. The van der Waals surface area contributed by atoms with E-state index in [1.54, 1.807) is 36.9 Å². The molecule has 0 aliphatic rings. The molecule has 11 heteroatoms. The van der Waals surface area contributed by atoms with Gasteiger partial charge in [0.1, 0.15) is 17.2 Å². The van der Waals surface area contributed by atoms with E-state index in [-0.39, 0.29) is 11.1 Å². The van der Waals surface area contributed by atoms with Crippen LogP contribution in [-0.4, -0.2) is 32.1 Å². The van der Waals surface area contributed by atoms with E-state index in [0.717, 1.165) is 17.3 Å². The Hall–Kier alpha value is -4.12. The number of ether oxygens (including phenoxy) is 1. The van der Waals surface area contributed by atoms with E-state index in [9.17, 15) is 23.1 Å². The number of alkyl halides is 3. The molecule has 0 aliphatic carbocycles. The molecule has 35 heavy (non-hydrogen) atoms. The number of aryl methyl sites for hydroxylation is 2. The Labute approximate surface area is 200 Å². The van der Waals surface area contributed by atoms with Gasteiger partial charge in [0, 0.05) is 45.4 Å². The standard InChI is InChI=1S/C24H16F3N3O4S/c1-12-21(13(2)34-29-12)15-7-18-19(10-30(22(18)28-9-15)16-5-6-35-11-16)17-4-3-14(23(31)32)8-20(17)33-24(25,26)27/h3-11H,1-2H3,(H,31,32). The minimum Gasteiger partial charge on any atom is -0.478 e. The highest BCUT2D eigenvalue weighted by Gasteiger charge is 2.33. The molecule has 0 aliphatic heterocycles. The van der Waals surface area contributed by atoms with Crippen LogP contribution in [-0.2, 0) is 0 Å². The fourth-order valence-electron chi connectivity index (χ4n) is 4.03. The summed E-state index contributed by atoms with van der Waals surface area (Å²) < 4.78 is 51.0. The number of aromatic nitrogens is 3. The van der Waals surface area contributed by atoms with E-state index in [2.05, 4.69) is 14.9 Å². The van der Waals surface area contributed by atoms with Crippen LogP contribution in [0.15, 0.2) is 58.0 Å². The van der Waals surface area contributed by atoms with Gasteiger partial charge in [0.15, 0.2) is 0 Å². The van der Waals surface area contributed by atoms with Crippen molar-refractivity contribution in [2.75, 3.05) is 0 Å². The number of halogens is 3. The van der Waals surface area contributed by atoms with Gasteiger partial charge in [-0.05, 0) is 49.6 Å². The zero-order chi connectivity index (χ0) is 24.9. The summed E-state index contributed by atoms with van der Waals surface area (Å²) in [6.45, 7) is 3.55. The van der Waals surface area contributed by atoms with Crippen LogP contribution in [0, 0.1) is 13.8 Å². The minimum atomic E-state index is -5.02. The SMILES string of the molecule is Cc1noc(C)c1-c1cnc2c(c1)c(-c1ccc(C(=O)O)cc1OC(F)(F)F)cn2-c1ccsc1. The number of carboxylic acids is 1. The molecule has 0 saturated carbocycles. The van der Waals surface area contributed by atoms with Crippen LogP contribution in [0.1, 0.15) is 21.8 Å². The molecule has 5 rings (SSSR count). The number of benzene rings is 1. The van der Waals surface area contributed by atoms with Crippen LogP contribution < -0.4 is 4.74 Å². The van der Waals surface area contributed by atoms with Crippen molar-refractivity contribution in [3.8, 4) is 33.7 Å². The Bertz CT molecular complexity index is 1550. The first-order chi connectivity index (χ1) is 16.6. The molecule has 0 saturated heterocycles. The van der Waals surface area contributed by atoms with Crippen LogP contribution in [0.2, 0.25) is 0 Å². The highest BCUT2D eigenvalue weighted by molar-refractivity contribution is 7.08. The van der Waals surface area contributed by atoms with Crippen LogP contribution in [0.4, 0.5) is 13.2 Å². The van der Waals surface area contributed by atoms with Crippen LogP contribution >= 0.6 is 11.3 Å². The molecule has 0 fully saturated rings. The van der Waals surface area contributed by atoms with Gasteiger partial charge < -0.3 is 14.4 Å². The smallest absolute Gasteiger partial charge is 0.478 e. The topological polar surface area (TPSA) is 90.4 Å². The highest BCUT2D eigenvalue weighted by atomic mass is 32.1. The summed E-state index contributed by atoms with van der Waals surface area (Å²) in [5.74, 6) is -1.41. The maximum Gasteiger partial charge on any atom is 0.573 e. The van der Waals surface area contributed by atoms with Crippen molar-refractivity contribution in [1.82, 2.24) is 14.7 Å². The molecular formula is C24H16F3N3O4S. The molecule has 1 aromatic carbocycles. The van der Waals surface area contributed by atoms with E-state index >= 15 is 0 Å². The lowest BCUT2D eigenvalue weighted by Crippen LogP contribution is -2.18. The van der Waals surface area contributed by atoms with Crippen molar-refractivity contribution in [2.24, 2.45) is 0 Å². The number of aromatic carboxylic acids is 1. The molecule has 178 valence electrons. The van der Waals surface area contributed by atoms with E-state index in [4.69, 9.17) is 4.52 Å². The van der Waals surface area contributed by atoms with Gasteiger partial charge in [-0.25, -0.2) is 9.78 Å². The normalized spacial score (nSPS) is 11.8. The number of carboxylic acid groups (broad SMARTS) is 1. The summed E-state index contributed by atoms with van der Waals surface area (Å²) in [6, 6.07) is 7.07. The summed E-state index contributed by atoms with van der Waals surface area (Å²) in [5, 5.41) is 17.6. The van der Waals surface area contributed by atoms with Gasteiger partial charge in [-0.15, -0.1) is 13.2 Å². The Balaban J connectivity index is 1.80. The molecule has 5 aromatic rings. The molecule has 4 heterocycles. The Kier molecular flexibility index (Phi) is 5.36. The van der Waals surface area contributed by atoms with E-state index in [0.29, 0.717) is 33.6 Å². The number of thiophene rings is 1. The maximum absolute atomic E-state index is 13.2. The molecule has 1 N–H and O–H groups in total. The molecule has 4 aromatic heterocycles. The third-order valence-electron chi connectivity index (χ3n) is 5.49. The van der Waals surface area contributed by atoms with E-state index < -0.39 is 18.1 Å². The van der Waals surface area contributed by atoms with Crippen molar-refractivity contribution in [3.05, 3.63) is 70.5 Å². The molecule has 7 nitrogen and oxygen atoms in total. The molecule has 0 atom stereocenters. The summed E-state index contributed by atoms with van der Waals surface area (Å²) in [4.78, 5) is 16.0. The lowest BCUT2D eigenvalue weighted by molar-refractivity contribution is -0.274. The first-order valence-corrected chi connectivity index (χ1v) is 11.2. The van der Waals surface area contributed by atoms with Crippen molar-refractivity contribution >= 4 is 28.3 Å². The number of hydrogen-bond donors (Lipinski definition) is 1. The second-order valence-corrected chi connectivity index (χ2v) is 8.53. The van der Waals surface area contributed by atoms with Gasteiger partial charge in [0.05, 0.1) is 16.9 Å². The quantitative estimate of drug-likeness (QED) is 0.292. The number of pyridine rings is 1. The molecular weight excluding hydrogens is 483 g/mol. The second kappa shape index (κ2) is 8.27. The third-order valence-corrected chi connectivity index (χ3v) is 6.16. The fourth-order valence-corrected chi connectivity index (χ4v) is 4.66. The monoisotopic (exact) mass is 499 g/mol. The average molecular weight is 499 g/mol. The summed E-state index contributed by atoms with van der Waals surface area (Å²) >= 11 is 1.46. The van der Waals surface area contributed by atoms with Crippen LogP contribution in [0.25, 0.3) is 39.0 Å². The highest BCUT2D eigenvalue weighted by Crippen LogP contribution is 2.41.